The first-order valence-corrected chi connectivity index (χ1v) is 15.4. The van der Waals surface area contributed by atoms with Gasteiger partial charge in [-0.25, -0.2) is 14.5 Å². The van der Waals surface area contributed by atoms with Gasteiger partial charge < -0.3 is 34.3 Å². The molecule has 10 atom stereocenters. The number of esters is 4. The van der Waals surface area contributed by atoms with Gasteiger partial charge in [-0.3, -0.25) is 19.6 Å². The lowest BCUT2D eigenvalue weighted by Gasteiger charge is -2.44. The highest BCUT2D eigenvalue weighted by molar-refractivity contribution is 5.97. The van der Waals surface area contributed by atoms with E-state index in [1.165, 1.54) is 39.8 Å². The minimum atomic E-state index is -2.60. The molecule has 14 heteroatoms. The van der Waals surface area contributed by atoms with Gasteiger partial charge in [-0.05, 0) is 46.1 Å². The number of fused-ring (bicyclic) bond motifs is 1. The first kappa shape index (κ1) is 40.5. The second kappa shape index (κ2) is 15.2. The van der Waals surface area contributed by atoms with Crippen LogP contribution in [0.5, 0.6) is 0 Å². The number of carbonyl (C=O) groups is 5. The monoisotopic (exact) mass is 680 g/mol. The van der Waals surface area contributed by atoms with Crippen molar-refractivity contribution in [3.05, 3.63) is 48.1 Å². The molecule has 0 aliphatic heterocycles. The maximum absolute atomic E-state index is 14.3. The SMILES string of the molecule is C=C(C(=O)OC1C(=C)C(OC(=O)C(C)=CC)C(O)C(OC(C)=O)C(C)(C)C=CC(C)(O)C(=O)C2(O)CC(C)C(OC(C)=O)C12)C(C)OO. The smallest absolute Gasteiger partial charge is 0.336 e. The highest BCUT2D eigenvalue weighted by Gasteiger charge is 2.65. The zero-order valence-electron chi connectivity index (χ0n) is 28.8. The van der Waals surface area contributed by atoms with Crippen LogP contribution in [0.4, 0.5) is 0 Å². The predicted molar refractivity (Wildman–Crippen MR) is 169 cm³/mol. The van der Waals surface area contributed by atoms with Gasteiger partial charge in [0.25, 0.3) is 0 Å². The lowest BCUT2D eigenvalue weighted by molar-refractivity contribution is -0.264. The van der Waals surface area contributed by atoms with E-state index >= 15 is 0 Å². The minimum absolute atomic E-state index is 0.0927. The molecule has 2 aliphatic carbocycles. The number of allylic oxidation sites excluding steroid dienone is 1. The van der Waals surface area contributed by atoms with Crippen LogP contribution in [0.15, 0.2) is 48.1 Å². The van der Waals surface area contributed by atoms with Crippen molar-refractivity contribution in [2.24, 2.45) is 17.3 Å². The van der Waals surface area contributed by atoms with Crippen LogP contribution < -0.4 is 0 Å². The summed E-state index contributed by atoms with van der Waals surface area (Å²) in [4.78, 5) is 69.8. The fourth-order valence-electron chi connectivity index (χ4n) is 6.05. The maximum Gasteiger partial charge on any atom is 0.336 e. The summed E-state index contributed by atoms with van der Waals surface area (Å²) in [6.45, 7) is 19.6. The summed E-state index contributed by atoms with van der Waals surface area (Å²) in [5, 5.41) is 44.9. The van der Waals surface area contributed by atoms with Crippen LogP contribution in [0, 0.1) is 17.3 Å². The van der Waals surface area contributed by atoms with Crippen molar-refractivity contribution in [3.8, 4) is 0 Å². The Kier molecular flexibility index (Phi) is 12.9. The Morgan fingerprint density at radius 2 is 1.50 bits per heavy atom. The summed E-state index contributed by atoms with van der Waals surface area (Å²) < 4.78 is 22.6. The van der Waals surface area contributed by atoms with Crippen molar-refractivity contribution < 1.29 is 68.4 Å². The molecular weight excluding hydrogens is 632 g/mol. The van der Waals surface area contributed by atoms with Crippen LogP contribution in [-0.4, -0.2) is 98.1 Å². The molecule has 0 aromatic carbocycles. The number of hydrogen-bond acceptors (Lipinski definition) is 14. The molecule has 0 heterocycles. The third kappa shape index (κ3) is 8.47. The maximum atomic E-state index is 14.3. The lowest BCUT2D eigenvalue weighted by atomic mass is 9.71. The second-order valence-electron chi connectivity index (χ2n) is 13.3. The molecule has 0 bridgehead atoms. The number of carbonyl (C=O) groups excluding carboxylic acids is 5. The number of ketones is 1. The van der Waals surface area contributed by atoms with E-state index in [4.69, 9.17) is 18.9 Å². The van der Waals surface area contributed by atoms with E-state index < -0.39 is 112 Å². The third-order valence-corrected chi connectivity index (χ3v) is 8.93. The van der Waals surface area contributed by atoms with Crippen molar-refractivity contribution in [1.82, 2.24) is 0 Å². The zero-order valence-corrected chi connectivity index (χ0v) is 28.8. The molecule has 2 aliphatic rings. The van der Waals surface area contributed by atoms with Crippen molar-refractivity contribution in [1.29, 1.82) is 0 Å². The minimum Gasteiger partial charge on any atom is -0.462 e. The van der Waals surface area contributed by atoms with Crippen LogP contribution in [0.2, 0.25) is 0 Å². The Hall–Kier alpha value is -3.69. The summed E-state index contributed by atoms with van der Waals surface area (Å²) in [7, 11) is 0. The highest BCUT2D eigenvalue weighted by Crippen LogP contribution is 2.49. The standard InChI is InChI=1S/C34H48O14/c1-12-16(2)29(38)47-27-19(5)26(46-30(39)18(4)20(6)48-43)23-25(44-21(7)35)17(3)15-34(23,42)31(40)33(11,41)14-13-32(9,10)28(24(27)37)45-22(8)36/h12-14,17,20,23-28,37,41-43H,4-5,15H2,1-3,6-11H3. The van der Waals surface area contributed by atoms with Gasteiger partial charge in [0.1, 0.15) is 41.7 Å². The summed E-state index contributed by atoms with van der Waals surface area (Å²) in [5.74, 6) is -7.55. The van der Waals surface area contributed by atoms with Crippen LogP contribution >= 0.6 is 0 Å². The fourth-order valence-corrected chi connectivity index (χ4v) is 6.05. The molecular formula is C34H48O14. The molecule has 268 valence electrons. The van der Waals surface area contributed by atoms with Crippen LogP contribution in [0.25, 0.3) is 0 Å². The molecule has 0 saturated heterocycles. The number of ether oxygens (including phenoxy) is 4. The van der Waals surface area contributed by atoms with Gasteiger partial charge in [0, 0.05) is 30.4 Å². The molecule has 0 spiro atoms. The Bertz CT molecular complexity index is 1370. The Balaban J connectivity index is 3.09. The van der Waals surface area contributed by atoms with E-state index in [2.05, 4.69) is 18.0 Å². The van der Waals surface area contributed by atoms with Gasteiger partial charge in [0.15, 0.2) is 11.9 Å². The van der Waals surface area contributed by atoms with E-state index in [0.29, 0.717) is 0 Å². The molecule has 0 radical (unpaired) electrons. The van der Waals surface area contributed by atoms with Gasteiger partial charge in [-0.1, -0.05) is 46.1 Å². The normalized spacial score (nSPS) is 34.5. The van der Waals surface area contributed by atoms with E-state index in [1.807, 2.05) is 0 Å². The number of aliphatic hydroxyl groups is 3. The topological polar surface area (TPSA) is 212 Å². The largest absolute Gasteiger partial charge is 0.462 e. The highest BCUT2D eigenvalue weighted by atomic mass is 17.1. The summed E-state index contributed by atoms with van der Waals surface area (Å²) >= 11 is 0. The van der Waals surface area contributed by atoms with Gasteiger partial charge in [0.2, 0.25) is 0 Å². The van der Waals surface area contributed by atoms with E-state index in [0.717, 1.165) is 26.8 Å². The molecule has 1 fully saturated rings. The molecule has 2 rings (SSSR count). The average Bonchev–Trinajstić information content (AvgIpc) is 3.25. The second-order valence-corrected chi connectivity index (χ2v) is 13.3. The van der Waals surface area contributed by atoms with Gasteiger partial charge >= 0.3 is 23.9 Å². The fraction of sp³-hybridized carbons (Fsp3) is 0.618. The molecule has 0 aromatic heterocycles. The zero-order chi connectivity index (χ0) is 37.1. The van der Waals surface area contributed by atoms with Crippen LogP contribution in [-0.2, 0) is 47.8 Å². The van der Waals surface area contributed by atoms with Crippen molar-refractivity contribution >= 4 is 29.7 Å². The molecule has 10 unspecified atom stereocenters. The van der Waals surface area contributed by atoms with E-state index in [9.17, 15) is 44.5 Å². The Morgan fingerprint density at radius 1 is 0.958 bits per heavy atom. The number of hydrogen-bond donors (Lipinski definition) is 4. The quantitative estimate of drug-likeness (QED) is 0.0724. The van der Waals surface area contributed by atoms with Crippen LogP contribution in [0.1, 0.15) is 68.7 Å². The molecule has 1 saturated carbocycles. The lowest BCUT2D eigenvalue weighted by Crippen LogP contribution is -2.60. The van der Waals surface area contributed by atoms with Gasteiger partial charge in [0.05, 0.1) is 11.5 Å². The van der Waals surface area contributed by atoms with E-state index in [1.54, 1.807) is 13.8 Å². The average molecular weight is 681 g/mol. The predicted octanol–water partition coefficient (Wildman–Crippen LogP) is 2.29. The van der Waals surface area contributed by atoms with Crippen molar-refractivity contribution in [2.45, 2.75) is 117 Å². The summed E-state index contributed by atoms with van der Waals surface area (Å²) in [6.07, 6.45) is -6.58. The Labute approximate surface area is 279 Å². The number of rotatable bonds is 8. The van der Waals surface area contributed by atoms with E-state index in [-0.39, 0.29) is 5.57 Å². The van der Waals surface area contributed by atoms with Crippen molar-refractivity contribution in [2.75, 3.05) is 0 Å². The van der Waals surface area contributed by atoms with Crippen LogP contribution in [0.3, 0.4) is 0 Å². The molecule has 48 heavy (non-hydrogen) atoms. The number of aliphatic hydroxyl groups excluding tert-OH is 1. The molecule has 0 aromatic rings. The molecule has 4 N–H and O–H groups in total. The first-order chi connectivity index (χ1) is 22.0. The first-order valence-electron chi connectivity index (χ1n) is 15.4. The van der Waals surface area contributed by atoms with Gasteiger partial charge in [-0.15, -0.1) is 0 Å². The Morgan fingerprint density at radius 3 is 2.00 bits per heavy atom. The summed E-state index contributed by atoms with van der Waals surface area (Å²) in [6, 6.07) is 0. The summed E-state index contributed by atoms with van der Waals surface area (Å²) in [5.41, 5.74) is -7.18. The number of Topliss-reactive ketones (excluding diaryl/α,β-unsaturated/α-hetero) is 1. The molecule has 14 nitrogen and oxygen atoms in total. The van der Waals surface area contributed by atoms with Gasteiger partial charge in [-0.2, -0.15) is 0 Å². The third-order valence-electron chi connectivity index (χ3n) is 8.93. The molecule has 0 amide bonds. The van der Waals surface area contributed by atoms with Crippen molar-refractivity contribution in [3.63, 3.8) is 0 Å².